The van der Waals surface area contributed by atoms with E-state index in [1.165, 1.54) is 5.56 Å². The second kappa shape index (κ2) is 13.1. The van der Waals surface area contributed by atoms with Crippen LogP contribution in [0.2, 0.25) is 5.02 Å². The molecule has 0 saturated heterocycles. The molecule has 4 aromatic rings. The van der Waals surface area contributed by atoms with Gasteiger partial charge in [-0.15, -0.1) is 16.8 Å². The van der Waals surface area contributed by atoms with Gasteiger partial charge in [-0.2, -0.15) is 13.2 Å². The minimum Gasteiger partial charge on any atom is -0.486 e. The van der Waals surface area contributed by atoms with Gasteiger partial charge in [-0.25, -0.2) is 0 Å². The number of aryl methyl sites for hydroxylation is 1. The van der Waals surface area contributed by atoms with E-state index in [1.54, 1.807) is 41.0 Å². The van der Waals surface area contributed by atoms with Crippen LogP contribution in [-0.4, -0.2) is 20.7 Å². The molecular weight excluding hydrogens is 561 g/mol. The molecule has 0 radical (unpaired) electrons. The number of carbonyl (C=O) groups is 1. The van der Waals surface area contributed by atoms with Crippen molar-refractivity contribution in [1.82, 2.24) is 14.8 Å². The van der Waals surface area contributed by atoms with E-state index in [-0.39, 0.29) is 17.3 Å². The first-order valence-electron chi connectivity index (χ1n) is 12.3. The molecule has 1 heterocycles. The summed E-state index contributed by atoms with van der Waals surface area (Å²) in [6.45, 7) is 6.37. The molecule has 0 bridgehead atoms. The normalized spacial score (nSPS) is 12.1. The Morgan fingerprint density at radius 3 is 2.50 bits per heavy atom. The lowest BCUT2D eigenvalue weighted by Crippen LogP contribution is -2.20. The van der Waals surface area contributed by atoms with Gasteiger partial charge in [0.05, 0.1) is 16.3 Å². The smallest absolute Gasteiger partial charge is 0.416 e. The minimum atomic E-state index is -4.59. The molecule has 11 heteroatoms. The van der Waals surface area contributed by atoms with Crippen LogP contribution in [0.25, 0.3) is 0 Å². The number of amides is 1. The van der Waals surface area contributed by atoms with Crippen molar-refractivity contribution in [3.63, 3.8) is 0 Å². The molecule has 1 amide bonds. The predicted molar refractivity (Wildman–Crippen MR) is 150 cm³/mol. The molecule has 40 heavy (non-hydrogen) atoms. The summed E-state index contributed by atoms with van der Waals surface area (Å²) in [5, 5.41) is 10.6. The minimum absolute atomic E-state index is 0.0145. The van der Waals surface area contributed by atoms with Gasteiger partial charge < -0.3 is 10.1 Å². The van der Waals surface area contributed by atoms with Crippen molar-refractivity contribution in [2.45, 2.75) is 43.1 Å². The molecular formula is C29H26ClF3N4O2S. The van der Waals surface area contributed by atoms with E-state index >= 15 is 0 Å². The summed E-state index contributed by atoms with van der Waals surface area (Å²) in [6.07, 6.45) is -1.99. The van der Waals surface area contributed by atoms with Gasteiger partial charge in [-0.1, -0.05) is 78.8 Å². The number of halogens is 4. The number of nitrogens with zero attached hydrogens (tertiary/aromatic N) is 3. The fourth-order valence-electron chi connectivity index (χ4n) is 3.80. The number of thioether (sulfide) groups is 1. The number of hydrogen-bond donors (Lipinski definition) is 1. The van der Waals surface area contributed by atoms with Crippen LogP contribution in [0.1, 0.15) is 34.7 Å². The van der Waals surface area contributed by atoms with Gasteiger partial charge in [0.25, 0.3) is 0 Å². The van der Waals surface area contributed by atoms with E-state index in [0.717, 1.165) is 36.4 Å². The van der Waals surface area contributed by atoms with Crippen LogP contribution in [0.15, 0.2) is 90.6 Å². The zero-order valence-electron chi connectivity index (χ0n) is 21.5. The average molecular weight is 587 g/mol. The van der Waals surface area contributed by atoms with Gasteiger partial charge >= 0.3 is 6.18 Å². The molecule has 6 nitrogen and oxygen atoms in total. The first-order valence-corrected chi connectivity index (χ1v) is 13.6. The zero-order valence-corrected chi connectivity index (χ0v) is 23.1. The van der Waals surface area contributed by atoms with Crippen molar-refractivity contribution in [3.05, 3.63) is 113 Å². The van der Waals surface area contributed by atoms with Gasteiger partial charge in [0.15, 0.2) is 11.0 Å². The summed E-state index contributed by atoms with van der Waals surface area (Å²) in [7, 11) is 0. The first kappa shape index (κ1) is 29.2. The molecule has 208 valence electrons. The second-order valence-corrected chi connectivity index (χ2v) is 10.2. The molecule has 0 aliphatic rings. The lowest BCUT2D eigenvalue weighted by Gasteiger charge is -2.18. The molecule has 1 unspecified atom stereocenters. The van der Waals surface area contributed by atoms with Crippen molar-refractivity contribution in [2.75, 3.05) is 5.32 Å². The van der Waals surface area contributed by atoms with Gasteiger partial charge in [-0.3, -0.25) is 9.36 Å². The van der Waals surface area contributed by atoms with Gasteiger partial charge in [0, 0.05) is 6.54 Å². The molecule has 0 fully saturated rings. The molecule has 0 saturated carbocycles. The number of hydrogen-bond acceptors (Lipinski definition) is 5. The van der Waals surface area contributed by atoms with Gasteiger partial charge in [0.1, 0.15) is 17.6 Å². The largest absolute Gasteiger partial charge is 0.486 e. The maximum absolute atomic E-state index is 13.5. The van der Waals surface area contributed by atoms with E-state index in [1.807, 2.05) is 24.3 Å². The Bertz CT molecular complexity index is 1460. The summed E-state index contributed by atoms with van der Waals surface area (Å²) < 4.78 is 47.5. The Kier molecular flexibility index (Phi) is 9.54. The topological polar surface area (TPSA) is 69.0 Å². The molecule has 3 aromatic carbocycles. The summed E-state index contributed by atoms with van der Waals surface area (Å²) in [6, 6.07) is 19.4. The number of benzene rings is 3. The standard InChI is InChI=1S/C29H26ClF3N4O2S/c1-3-16-37-25(18-39-22-13-10-19(4-2)11-14-22)35-36-28(37)40-26(20-8-6-5-7-9-20)27(38)34-24-17-21(29(31,32)33)12-15-23(24)30/h3,5-15,17,26H,1,4,16,18H2,2H3,(H,34,38). The maximum atomic E-state index is 13.5. The van der Waals surface area contributed by atoms with Crippen molar-refractivity contribution in [3.8, 4) is 5.75 Å². The van der Waals surface area contributed by atoms with Crippen LogP contribution in [0, 0.1) is 0 Å². The summed E-state index contributed by atoms with van der Waals surface area (Å²) in [5.74, 6) is 0.633. The highest BCUT2D eigenvalue weighted by atomic mass is 35.5. The fraction of sp³-hybridized carbons (Fsp3) is 0.207. The number of allylic oxidation sites excluding steroid dienone is 1. The third kappa shape index (κ3) is 7.25. The Hall–Kier alpha value is -3.76. The Balaban J connectivity index is 1.59. The Morgan fingerprint density at radius 1 is 1.12 bits per heavy atom. The van der Waals surface area contributed by atoms with E-state index < -0.39 is 22.9 Å². The highest BCUT2D eigenvalue weighted by Crippen LogP contribution is 2.38. The van der Waals surface area contributed by atoms with E-state index in [4.69, 9.17) is 16.3 Å². The van der Waals surface area contributed by atoms with E-state index in [9.17, 15) is 18.0 Å². The van der Waals surface area contributed by atoms with E-state index in [2.05, 4.69) is 29.0 Å². The predicted octanol–water partition coefficient (Wildman–Crippen LogP) is 7.75. The van der Waals surface area contributed by atoms with Crippen LogP contribution in [0.5, 0.6) is 5.75 Å². The summed E-state index contributed by atoms with van der Waals surface area (Å²) >= 11 is 7.24. The Morgan fingerprint density at radius 2 is 1.85 bits per heavy atom. The van der Waals surface area contributed by atoms with Crippen LogP contribution in [0.4, 0.5) is 18.9 Å². The molecule has 0 aliphatic carbocycles. The van der Waals surface area contributed by atoms with E-state index in [0.29, 0.717) is 28.8 Å². The molecule has 1 aromatic heterocycles. The van der Waals surface area contributed by atoms with Crippen molar-refractivity contribution in [2.24, 2.45) is 0 Å². The van der Waals surface area contributed by atoms with Crippen LogP contribution in [0.3, 0.4) is 0 Å². The fourth-order valence-corrected chi connectivity index (χ4v) is 5.03. The number of alkyl halides is 3. The lowest BCUT2D eigenvalue weighted by atomic mass is 10.1. The number of anilines is 1. The van der Waals surface area contributed by atoms with Crippen LogP contribution < -0.4 is 10.1 Å². The van der Waals surface area contributed by atoms with Crippen molar-refractivity contribution < 1.29 is 22.7 Å². The highest BCUT2D eigenvalue weighted by Gasteiger charge is 2.32. The van der Waals surface area contributed by atoms with Gasteiger partial charge in [0.2, 0.25) is 5.91 Å². The van der Waals surface area contributed by atoms with Crippen LogP contribution in [-0.2, 0) is 30.5 Å². The molecule has 4 rings (SSSR count). The van der Waals surface area contributed by atoms with Crippen molar-refractivity contribution >= 4 is 35.0 Å². The first-order chi connectivity index (χ1) is 19.2. The highest BCUT2D eigenvalue weighted by molar-refractivity contribution is 8.00. The third-order valence-electron chi connectivity index (χ3n) is 5.92. The summed E-state index contributed by atoms with van der Waals surface area (Å²) in [4.78, 5) is 13.5. The number of nitrogens with one attached hydrogen (secondary N) is 1. The Labute approximate surface area is 239 Å². The third-order valence-corrected chi connectivity index (χ3v) is 7.48. The number of carbonyl (C=O) groups excluding carboxylic acids is 1. The average Bonchev–Trinajstić information content (AvgIpc) is 3.32. The second-order valence-electron chi connectivity index (χ2n) is 8.67. The number of rotatable bonds is 11. The lowest BCUT2D eigenvalue weighted by molar-refractivity contribution is -0.137. The van der Waals surface area contributed by atoms with Crippen molar-refractivity contribution in [1.29, 1.82) is 0 Å². The molecule has 1 atom stereocenters. The number of aromatic nitrogens is 3. The van der Waals surface area contributed by atoms with Gasteiger partial charge in [-0.05, 0) is 47.9 Å². The van der Waals surface area contributed by atoms with Crippen LogP contribution >= 0.6 is 23.4 Å². The number of ether oxygens (including phenoxy) is 1. The molecule has 0 spiro atoms. The molecule has 1 N–H and O–H groups in total. The quantitative estimate of drug-likeness (QED) is 0.144. The SMILES string of the molecule is C=CCn1c(COc2ccc(CC)cc2)nnc1SC(C(=O)Nc1cc(C(F)(F)F)ccc1Cl)c1ccccc1. The maximum Gasteiger partial charge on any atom is 0.416 e. The zero-order chi connectivity index (χ0) is 28.7. The molecule has 0 aliphatic heterocycles. The summed E-state index contributed by atoms with van der Waals surface area (Å²) in [5.41, 5.74) is 0.752. The monoisotopic (exact) mass is 586 g/mol.